The highest BCUT2D eigenvalue weighted by atomic mass is 32.1. The molecule has 0 amide bonds. The molecule has 1 heterocycles. The molecule has 2 rings (SSSR count). The Bertz CT molecular complexity index is 419. The highest BCUT2D eigenvalue weighted by molar-refractivity contribution is 7.80. The van der Waals surface area contributed by atoms with Gasteiger partial charge in [0.2, 0.25) is 0 Å². The Balaban J connectivity index is 2.08. The summed E-state index contributed by atoms with van der Waals surface area (Å²) in [5.74, 6) is -0.318. The van der Waals surface area contributed by atoms with Gasteiger partial charge in [-0.05, 0) is 31.0 Å². The molecule has 0 bridgehead atoms. The molecule has 92 valence electrons. The van der Waals surface area contributed by atoms with Crippen LogP contribution in [0.3, 0.4) is 0 Å². The summed E-state index contributed by atoms with van der Waals surface area (Å²) >= 11 is 4.80. The zero-order chi connectivity index (χ0) is 12.3. The summed E-state index contributed by atoms with van der Waals surface area (Å²) in [5, 5.41) is 3.18. The number of thiocarbonyl (C=S) groups is 1. The third kappa shape index (κ3) is 3.14. The van der Waals surface area contributed by atoms with Gasteiger partial charge in [0, 0.05) is 24.8 Å². The van der Waals surface area contributed by atoms with E-state index in [2.05, 4.69) is 5.32 Å². The van der Waals surface area contributed by atoms with Gasteiger partial charge in [-0.15, -0.1) is 0 Å². The van der Waals surface area contributed by atoms with Crippen molar-refractivity contribution in [2.45, 2.75) is 18.9 Å². The van der Waals surface area contributed by atoms with Crippen LogP contribution in [0.2, 0.25) is 0 Å². The summed E-state index contributed by atoms with van der Waals surface area (Å²) in [7, 11) is 0. The number of ether oxygens (including phenoxy) is 1. The molecule has 3 N–H and O–H groups in total. The van der Waals surface area contributed by atoms with Gasteiger partial charge in [-0.25, -0.2) is 4.39 Å². The molecule has 1 aromatic rings. The van der Waals surface area contributed by atoms with Gasteiger partial charge in [0.15, 0.2) is 0 Å². The highest BCUT2D eigenvalue weighted by Crippen LogP contribution is 2.19. The van der Waals surface area contributed by atoms with Crippen molar-refractivity contribution >= 4 is 22.9 Å². The van der Waals surface area contributed by atoms with Crippen LogP contribution >= 0.6 is 12.2 Å². The Morgan fingerprint density at radius 3 is 2.71 bits per heavy atom. The topological polar surface area (TPSA) is 47.3 Å². The van der Waals surface area contributed by atoms with Gasteiger partial charge in [-0.1, -0.05) is 12.2 Å². The zero-order valence-electron chi connectivity index (χ0n) is 9.41. The Hall–Kier alpha value is -1.20. The van der Waals surface area contributed by atoms with Crippen molar-refractivity contribution in [1.82, 2.24) is 0 Å². The standard InChI is InChI=1S/C12H15FN2OS/c13-10-7-8(12(14)17)1-2-11(10)15-9-3-5-16-6-4-9/h1-2,7,9,15H,3-6H2,(H2,14,17). The van der Waals surface area contributed by atoms with Gasteiger partial charge >= 0.3 is 0 Å². The zero-order valence-corrected chi connectivity index (χ0v) is 10.2. The predicted molar refractivity (Wildman–Crippen MR) is 69.8 cm³/mol. The van der Waals surface area contributed by atoms with Gasteiger partial charge in [0.1, 0.15) is 10.8 Å². The minimum absolute atomic E-state index is 0.210. The number of nitrogens with two attached hydrogens (primary N) is 1. The first-order valence-corrected chi connectivity index (χ1v) is 6.01. The van der Waals surface area contributed by atoms with Crippen LogP contribution in [-0.2, 0) is 4.74 Å². The molecule has 0 spiro atoms. The van der Waals surface area contributed by atoms with Gasteiger partial charge in [-0.2, -0.15) is 0 Å². The third-order valence-electron chi connectivity index (χ3n) is 2.83. The van der Waals surface area contributed by atoms with E-state index >= 15 is 0 Å². The van der Waals surface area contributed by atoms with Crippen molar-refractivity contribution in [3.8, 4) is 0 Å². The second-order valence-electron chi connectivity index (χ2n) is 4.09. The molecule has 0 radical (unpaired) electrons. The number of halogens is 1. The Morgan fingerprint density at radius 1 is 1.41 bits per heavy atom. The Labute approximate surface area is 105 Å². The molecular weight excluding hydrogens is 239 g/mol. The Morgan fingerprint density at radius 2 is 2.12 bits per heavy atom. The van der Waals surface area contributed by atoms with Crippen LogP contribution < -0.4 is 11.1 Å². The fourth-order valence-electron chi connectivity index (χ4n) is 1.85. The third-order valence-corrected chi connectivity index (χ3v) is 3.07. The monoisotopic (exact) mass is 254 g/mol. The number of benzene rings is 1. The van der Waals surface area contributed by atoms with E-state index in [4.69, 9.17) is 22.7 Å². The molecular formula is C12H15FN2OS. The van der Waals surface area contributed by atoms with Crippen LogP contribution in [0.15, 0.2) is 18.2 Å². The minimum atomic E-state index is -0.318. The van der Waals surface area contributed by atoms with Crippen molar-refractivity contribution in [3.05, 3.63) is 29.6 Å². The van der Waals surface area contributed by atoms with Crippen molar-refractivity contribution in [2.75, 3.05) is 18.5 Å². The Kier molecular flexibility index (Phi) is 3.91. The van der Waals surface area contributed by atoms with E-state index in [9.17, 15) is 4.39 Å². The summed E-state index contributed by atoms with van der Waals surface area (Å²) < 4.78 is 19.0. The van der Waals surface area contributed by atoms with E-state index in [1.54, 1.807) is 12.1 Å². The molecule has 1 aromatic carbocycles. The predicted octanol–water partition coefficient (Wildman–Crippen LogP) is 2.05. The summed E-state index contributed by atoms with van der Waals surface area (Å²) in [6.07, 6.45) is 1.80. The van der Waals surface area contributed by atoms with Crippen LogP contribution in [-0.4, -0.2) is 24.2 Å². The molecule has 0 unspecified atom stereocenters. The average molecular weight is 254 g/mol. The van der Waals surface area contributed by atoms with Crippen LogP contribution in [0.4, 0.5) is 10.1 Å². The molecule has 0 aliphatic carbocycles. The van der Waals surface area contributed by atoms with E-state index in [0.717, 1.165) is 26.1 Å². The average Bonchev–Trinajstić information content (AvgIpc) is 2.33. The first-order chi connectivity index (χ1) is 8.16. The van der Waals surface area contributed by atoms with Gasteiger partial charge < -0.3 is 15.8 Å². The number of hydrogen-bond donors (Lipinski definition) is 2. The van der Waals surface area contributed by atoms with Crippen molar-refractivity contribution in [3.63, 3.8) is 0 Å². The van der Waals surface area contributed by atoms with Gasteiger partial charge in [0.25, 0.3) is 0 Å². The van der Waals surface area contributed by atoms with Crippen molar-refractivity contribution < 1.29 is 9.13 Å². The largest absolute Gasteiger partial charge is 0.389 e. The van der Waals surface area contributed by atoms with Gasteiger partial charge in [0.05, 0.1) is 5.69 Å². The van der Waals surface area contributed by atoms with E-state index in [1.165, 1.54) is 6.07 Å². The maximum absolute atomic E-state index is 13.8. The molecule has 5 heteroatoms. The fourth-order valence-corrected chi connectivity index (χ4v) is 1.97. The second kappa shape index (κ2) is 5.42. The van der Waals surface area contributed by atoms with E-state index in [0.29, 0.717) is 11.3 Å². The first kappa shape index (κ1) is 12.3. The van der Waals surface area contributed by atoms with E-state index in [1.807, 2.05) is 0 Å². The van der Waals surface area contributed by atoms with Gasteiger partial charge in [-0.3, -0.25) is 0 Å². The van der Waals surface area contributed by atoms with Crippen LogP contribution in [0.5, 0.6) is 0 Å². The molecule has 1 aliphatic heterocycles. The van der Waals surface area contributed by atoms with Crippen LogP contribution in [0.1, 0.15) is 18.4 Å². The summed E-state index contributed by atoms with van der Waals surface area (Å²) in [6.45, 7) is 1.45. The molecule has 3 nitrogen and oxygen atoms in total. The molecule has 0 saturated carbocycles. The van der Waals surface area contributed by atoms with Crippen LogP contribution in [0, 0.1) is 5.82 Å². The summed E-state index contributed by atoms with van der Waals surface area (Å²) in [5.41, 5.74) is 6.49. The quantitative estimate of drug-likeness (QED) is 0.810. The highest BCUT2D eigenvalue weighted by Gasteiger charge is 2.15. The second-order valence-corrected chi connectivity index (χ2v) is 4.53. The molecule has 0 atom stereocenters. The van der Waals surface area contributed by atoms with Crippen molar-refractivity contribution in [2.24, 2.45) is 5.73 Å². The van der Waals surface area contributed by atoms with E-state index in [-0.39, 0.29) is 16.8 Å². The molecule has 17 heavy (non-hydrogen) atoms. The number of nitrogens with one attached hydrogen (secondary N) is 1. The lowest BCUT2D eigenvalue weighted by atomic mass is 10.1. The maximum Gasteiger partial charge on any atom is 0.146 e. The SMILES string of the molecule is NC(=S)c1ccc(NC2CCOCC2)c(F)c1. The molecule has 1 saturated heterocycles. The molecule has 0 aromatic heterocycles. The minimum Gasteiger partial charge on any atom is -0.389 e. The maximum atomic E-state index is 13.8. The fraction of sp³-hybridized carbons (Fsp3) is 0.417. The normalized spacial score (nSPS) is 16.8. The summed E-state index contributed by atoms with van der Waals surface area (Å²) in [4.78, 5) is 0.210. The smallest absolute Gasteiger partial charge is 0.146 e. The molecule has 1 aliphatic rings. The van der Waals surface area contributed by atoms with E-state index < -0.39 is 0 Å². The molecule has 1 fully saturated rings. The van der Waals surface area contributed by atoms with Crippen molar-refractivity contribution in [1.29, 1.82) is 0 Å². The lowest BCUT2D eigenvalue weighted by Crippen LogP contribution is -2.28. The number of hydrogen-bond acceptors (Lipinski definition) is 3. The van der Waals surface area contributed by atoms with Crippen LogP contribution in [0.25, 0.3) is 0 Å². The number of rotatable bonds is 3. The lowest BCUT2D eigenvalue weighted by molar-refractivity contribution is 0.0904. The summed E-state index contributed by atoms with van der Waals surface area (Å²) in [6, 6.07) is 5.05. The number of anilines is 1. The lowest BCUT2D eigenvalue weighted by Gasteiger charge is -2.24. The first-order valence-electron chi connectivity index (χ1n) is 5.60.